The maximum absolute atomic E-state index is 8.14. The van der Waals surface area contributed by atoms with Crippen LogP contribution in [-0.2, 0) is 0 Å². The molecule has 0 atom stereocenters. The smallest absolute Gasteiger partial charge is 0.186 e. The van der Waals surface area contributed by atoms with Gasteiger partial charge in [-0.1, -0.05) is 0 Å². The Balaban J connectivity index is 2.37. The zero-order chi connectivity index (χ0) is 5.98. The fourth-order valence-corrected chi connectivity index (χ4v) is 0.830. The van der Waals surface area contributed by atoms with Crippen LogP contribution < -0.4 is 0 Å². The molecule has 1 aliphatic rings. The predicted molar refractivity (Wildman–Crippen MR) is 33.8 cm³/mol. The van der Waals surface area contributed by atoms with Crippen LogP contribution in [0.25, 0.3) is 0 Å². The molecule has 2 nitrogen and oxygen atoms in total. The molecule has 1 heterocycles. The van der Waals surface area contributed by atoms with Crippen molar-refractivity contribution >= 4 is 7.98 Å². The minimum atomic E-state index is 0.980. The van der Waals surface area contributed by atoms with E-state index in [0.717, 1.165) is 13.1 Å². The van der Waals surface area contributed by atoms with Gasteiger partial charge in [0.05, 0.1) is 6.07 Å². The fraction of sp³-hybridized carbons (Fsp3) is 0.400. The molecule has 3 heteroatoms. The van der Waals surface area contributed by atoms with Crippen LogP contribution in [0.5, 0.6) is 0 Å². The number of nitriles is 1. The molecular formula is C5H7BN2. The molecular weight excluding hydrogens is 98.9 g/mol. The van der Waals surface area contributed by atoms with Crippen LogP contribution >= 0.6 is 0 Å². The molecule has 0 amide bonds. The summed E-state index contributed by atoms with van der Waals surface area (Å²) < 4.78 is 0. The third kappa shape index (κ3) is 0.905. The lowest BCUT2D eigenvalue weighted by Crippen LogP contribution is -2.37. The van der Waals surface area contributed by atoms with Gasteiger partial charge in [0.15, 0.2) is 7.98 Å². The molecule has 0 N–H and O–H groups in total. The Kier molecular flexibility index (Phi) is 1.36. The van der Waals surface area contributed by atoms with Crippen LogP contribution in [0.15, 0.2) is 11.6 Å². The van der Waals surface area contributed by atoms with Crippen molar-refractivity contribution in [2.45, 2.75) is 0 Å². The highest BCUT2D eigenvalue weighted by atomic mass is 15.1. The van der Waals surface area contributed by atoms with Crippen molar-refractivity contribution in [1.29, 1.82) is 5.26 Å². The average molecular weight is 106 g/mol. The Hall–Kier alpha value is -0.745. The first-order valence-electron chi connectivity index (χ1n) is 2.59. The van der Waals surface area contributed by atoms with E-state index in [0.29, 0.717) is 0 Å². The monoisotopic (exact) mass is 106 g/mol. The normalized spacial score (nSPS) is 19.1. The van der Waals surface area contributed by atoms with Crippen molar-refractivity contribution in [3.8, 4) is 6.07 Å². The Morgan fingerprint density at radius 2 is 2.38 bits per heavy atom. The molecule has 0 aliphatic carbocycles. The number of hydrogen-bond donors (Lipinski definition) is 0. The van der Waals surface area contributed by atoms with Crippen molar-refractivity contribution in [3.05, 3.63) is 11.6 Å². The first-order chi connectivity index (χ1) is 3.83. The topological polar surface area (TPSA) is 27.0 Å². The molecule has 0 bridgehead atoms. The summed E-state index contributed by atoms with van der Waals surface area (Å²) in [5, 5.41) is 8.14. The van der Waals surface area contributed by atoms with Crippen LogP contribution in [-0.4, -0.2) is 25.9 Å². The van der Waals surface area contributed by atoms with Crippen LogP contribution in [0, 0.1) is 11.3 Å². The van der Waals surface area contributed by atoms with Crippen molar-refractivity contribution in [2.75, 3.05) is 13.1 Å². The molecule has 0 aromatic rings. The van der Waals surface area contributed by atoms with Gasteiger partial charge in [-0.15, -0.1) is 0 Å². The lowest BCUT2D eigenvalue weighted by Gasteiger charge is -2.29. The van der Waals surface area contributed by atoms with Gasteiger partial charge in [-0.2, -0.15) is 5.26 Å². The second-order valence-electron chi connectivity index (χ2n) is 2.10. The van der Waals surface area contributed by atoms with Gasteiger partial charge in [-0.25, -0.2) is 0 Å². The highest BCUT2D eigenvalue weighted by Crippen LogP contribution is 2.08. The molecule has 40 valence electrons. The van der Waals surface area contributed by atoms with Gasteiger partial charge >= 0.3 is 0 Å². The average Bonchev–Trinajstić information content (AvgIpc) is 1.64. The predicted octanol–water partition coefficient (Wildman–Crippen LogP) is -0.700. The number of nitrogens with zero attached hydrogens (tertiary/aromatic N) is 2. The molecule has 0 radical (unpaired) electrons. The van der Waals surface area contributed by atoms with Crippen molar-refractivity contribution in [2.24, 2.45) is 0 Å². The summed E-state index contributed by atoms with van der Waals surface area (Å²) in [5.41, 5.74) is 1.25. The van der Waals surface area contributed by atoms with Crippen LogP contribution in [0.1, 0.15) is 0 Å². The fourth-order valence-electron chi connectivity index (χ4n) is 0.830. The Bertz CT molecular complexity index is 148. The van der Waals surface area contributed by atoms with Gasteiger partial charge in [0.2, 0.25) is 0 Å². The zero-order valence-corrected chi connectivity index (χ0v) is 4.89. The second kappa shape index (κ2) is 2.02. The van der Waals surface area contributed by atoms with E-state index >= 15 is 0 Å². The van der Waals surface area contributed by atoms with E-state index < -0.39 is 0 Å². The van der Waals surface area contributed by atoms with Gasteiger partial charge in [-0.05, 0) is 5.57 Å². The lowest BCUT2D eigenvalue weighted by molar-refractivity contribution is 0.430. The van der Waals surface area contributed by atoms with Gasteiger partial charge in [0.1, 0.15) is 0 Å². The van der Waals surface area contributed by atoms with Crippen LogP contribution in [0.2, 0.25) is 0 Å². The molecule has 0 saturated carbocycles. The molecule has 1 saturated heterocycles. The quantitative estimate of drug-likeness (QED) is 0.301. The minimum Gasteiger partial charge on any atom is -0.342 e. The van der Waals surface area contributed by atoms with E-state index in [2.05, 4.69) is 4.81 Å². The first-order valence-corrected chi connectivity index (χ1v) is 2.59. The third-order valence-corrected chi connectivity index (χ3v) is 1.21. The molecule has 1 rings (SSSR count). The van der Waals surface area contributed by atoms with E-state index in [9.17, 15) is 0 Å². The molecule has 0 aromatic heterocycles. The Morgan fingerprint density at radius 3 is 2.75 bits per heavy atom. The first kappa shape index (κ1) is 5.39. The number of rotatable bonds is 0. The van der Waals surface area contributed by atoms with E-state index in [-0.39, 0.29) is 0 Å². The maximum atomic E-state index is 8.14. The van der Waals surface area contributed by atoms with E-state index in [1.807, 2.05) is 14.1 Å². The summed E-state index contributed by atoms with van der Waals surface area (Å²) in [6.45, 7) is 1.96. The summed E-state index contributed by atoms with van der Waals surface area (Å²) in [6, 6.07) is 2.00. The molecule has 0 spiro atoms. The maximum Gasteiger partial charge on any atom is 0.186 e. The van der Waals surface area contributed by atoms with Gasteiger partial charge in [-0.3, -0.25) is 0 Å². The van der Waals surface area contributed by atoms with Crippen molar-refractivity contribution in [3.63, 3.8) is 0 Å². The van der Waals surface area contributed by atoms with Crippen molar-refractivity contribution in [1.82, 2.24) is 4.81 Å². The molecule has 8 heavy (non-hydrogen) atoms. The Morgan fingerprint density at radius 1 is 1.75 bits per heavy atom. The summed E-state index contributed by atoms with van der Waals surface area (Å²) >= 11 is 0. The van der Waals surface area contributed by atoms with Crippen molar-refractivity contribution < 1.29 is 0 Å². The second-order valence-corrected chi connectivity index (χ2v) is 2.10. The van der Waals surface area contributed by atoms with E-state index in [4.69, 9.17) is 5.26 Å². The van der Waals surface area contributed by atoms with Gasteiger partial charge in [0, 0.05) is 19.2 Å². The highest BCUT2D eigenvalue weighted by molar-refractivity contribution is 6.05. The summed E-state index contributed by atoms with van der Waals surface area (Å²) in [6.07, 6.45) is 1.62. The molecule has 1 aliphatic heterocycles. The third-order valence-electron chi connectivity index (χ3n) is 1.21. The molecule has 0 unspecified atom stereocenters. The van der Waals surface area contributed by atoms with Gasteiger partial charge in [0.25, 0.3) is 0 Å². The summed E-state index contributed by atoms with van der Waals surface area (Å²) in [5.74, 6) is 0. The molecule has 0 aromatic carbocycles. The summed E-state index contributed by atoms with van der Waals surface area (Å²) in [4.78, 5) is 2.16. The lowest BCUT2D eigenvalue weighted by atomic mass is 10.0. The van der Waals surface area contributed by atoms with Crippen LogP contribution in [0.3, 0.4) is 0 Å². The van der Waals surface area contributed by atoms with Crippen LogP contribution in [0.4, 0.5) is 0 Å². The summed E-state index contributed by atoms with van der Waals surface area (Å²) in [7, 11) is 2.04. The number of allylic oxidation sites excluding steroid dienone is 1. The number of hydrogen-bond acceptors (Lipinski definition) is 2. The Labute approximate surface area is 49.8 Å². The highest BCUT2D eigenvalue weighted by Gasteiger charge is 2.13. The van der Waals surface area contributed by atoms with E-state index in [1.165, 1.54) is 5.57 Å². The largest absolute Gasteiger partial charge is 0.342 e. The minimum absolute atomic E-state index is 0.980. The SMILES string of the molecule is BN1CC(=CC#N)C1. The standard InChI is InChI=1S/C5H7BN2/c6-8-3-5(4-8)1-2-7/h1H,3-4,6H2. The van der Waals surface area contributed by atoms with Gasteiger partial charge < -0.3 is 4.81 Å². The van der Waals surface area contributed by atoms with E-state index in [1.54, 1.807) is 6.08 Å². The molecule has 1 fully saturated rings. The zero-order valence-electron chi connectivity index (χ0n) is 4.89.